The van der Waals surface area contributed by atoms with E-state index in [0.717, 1.165) is 56.2 Å². The average molecular weight is 552 g/mol. The second-order valence-corrected chi connectivity index (χ2v) is 9.06. The monoisotopic (exact) mass is 551 g/mol. The van der Waals surface area contributed by atoms with Crippen LogP contribution in [0.1, 0.15) is 36.4 Å². The highest BCUT2D eigenvalue weighted by Gasteiger charge is 2.46. The minimum Gasteiger partial charge on any atom is -0.475 e. The Bertz CT molecular complexity index is 860. The van der Waals surface area contributed by atoms with Crippen molar-refractivity contribution in [3.63, 3.8) is 0 Å². The summed E-state index contributed by atoms with van der Waals surface area (Å²) in [4.78, 5) is 39.3. The highest BCUT2D eigenvalue weighted by atomic mass is 32.1. The van der Waals surface area contributed by atoms with Gasteiger partial charge in [-0.1, -0.05) is 0 Å². The van der Waals surface area contributed by atoms with E-state index in [1.165, 1.54) is 0 Å². The van der Waals surface area contributed by atoms with E-state index >= 15 is 0 Å². The molecule has 0 aliphatic carbocycles. The van der Waals surface area contributed by atoms with Gasteiger partial charge in [0.15, 0.2) is 0 Å². The SMILES string of the molecule is COCCN1CCC2(CCC(=O)N2Cc2csc(C)n2)CC1.O=C(O)C(F)(F)F.O=C(O)C(F)(F)F. The fourth-order valence-electron chi connectivity index (χ4n) is 3.71. The van der Waals surface area contributed by atoms with Crippen molar-refractivity contribution in [2.75, 3.05) is 33.4 Å². The molecule has 2 fully saturated rings. The Balaban J connectivity index is 0.000000383. The fourth-order valence-corrected chi connectivity index (χ4v) is 4.31. The Kier molecular flexibility index (Phi) is 11.6. The Morgan fingerprint density at radius 1 is 1.08 bits per heavy atom. The Morgan fingerprint density at radius 2 is 1.58 bits per heavy atom. The van der Waals surface area contributed by atoms with Crippen LogP contribution in [0.5, 0.6) is 0 Å². The van der Waals surface area contributed by atoms with Crippen molar-refractivity contribution in [1.29, 1.82) is 0 Å². The lowest BCUT2D eigenvalue weighted by molar-refractivity contribution is -0.193. The number of carbonyl (C=O) groups excluding carboxylic acids is 1. The minimum absolute atomic E-state index is 0.0676. The quantitative estimate of drug-likeness (QED) is 0.535. The number of amides is 1. The number of ether oxygens (including phenoxy) is 1. The van der Waals surface area contributed by atoms with Crippen LogP contribution in [0.2, 0.25) is 0 Å². The summed E-state index contributed by atoms with van der Waals surface area (Å²) >= 11 is 1.66. The van der Waals surface area contributed by atoms with Crippen LogP contribution in [0, 0.1) is 6.92 Å². The van der Waals surface area contributed by atoms with Gasteiger partial charge in [-0.3, -0.25) is 4.79 Å². The number of carboxylic acid groups (broad SMARTS) is 2. The molecule has 1 amide bonds. The van der Waals surface area contributed by atoms with Crippen molar-refractivity contribution in [3.8, 4) is 0 Å². The summed E-state index contributed by atoms with van der Waals surface area (Å²) in [5.74, 6) is -5.21. The van der Waals surface area contributed by atoms with Gasteiger partial charge in [-0.25, -0.2) is 14.6 Å². The van der Waals surface area contributed by atoms with Gasteiger partial charge >= 0.3 is 24.3 Å². The maximum atomic E-state index is 12.4. The third kappa shape index (κ3) is 9.89. The molecule has 16 heteroatoms. The molecule has 0 saturated carbocycles. The molecule has 1 aromatic rings. The maximum absolute atomic E-state index is 12.4. The third-order valence-corrected chi connectivity index (χ3v) is 6.37. The van der Waals surface area contributed by atoms with E-state index in [1.807, 2.05) is 6.92 Å². The second-order valence-electron chi connectivity index (χ2n) is 8.00. The minimum atomic E-state index is -5.08. The molecule has 2 aliphatic rings. The molecule has 0 radical (unpaired) electrons. The molecular weight excluding hydrogens is 524 g/mol. The largest absolute Gasteiger partial charge is 0.490 e. The molecule has 1 aromatic heterocycles. The van der Waals surface area contributed by atoms with Crippen LogP contribution in [0.15, 0.2) is 5.38 Å². The number of rotatable bonds is 5. The molecule has 3 heterocycles. The number of hydrogen-bond donors (Lipinski definition) is 2. The predicted molar refractivity (Wildman–Crippen MR) is 114 cm³/mol. The van der Waals surface area contributed by atoms with Crippen LogP contribution < -0.4 is 0 Å². The molecule has 2 aliphatic heterocycles. The van der Waals surface area contributed by atoms with E-state index in [0.29, 0.717) is 18.9 Å². The number of piperidine rings is 1. The van der Waals surface area contributed by atoms with Crippen LogP contribution in [0.4, 0.5) is 26.3 Å². The van der Waals surface area contributed by atoms with Crippen LogP contribution in [0.25, 0.3) is 0 Å². The molecule has 206 valence electrons. The molecular formula is C20H27F6N3O6S. The van der Waals surface area contributed by atoms with Gasteiger partial charge < -0.3 is 24.7 Å². The van der Waals surface area contributed by atoms with Gasteiger partial charge in [0.1, 0.15) is 0 Å². The number of methoxy groups -OCH3 is 1. The van der Waals surface area contributed by atoms with Crippen LogP contribution >= 0.6 is 11.3 Å². The first-order chi connectivity index (χ1) is 16.5. The number of aryl methyl sites for hydroxylation is 1. The van der Waals surface area contributed by atoms with Crippen molar-refractivity contribution in [1.82, 2.24) is 14.8 Å². The van der Waals surface area contributed by atoms with Crippen LogP contribution in [0.3, 0.4) is 0 Å². The van der Waals surface area contributed by atoms with E-state index in [4.69, 9.17) is 24.5 Å². The first kappa shape index (κ1) is 31.6. The molecule has 1 spiro atoms. The standard InChI is InChI=1S/C16H25N3O2S.2C2HF3O2/c1-13-17-14(12-22-13)11-19-15(20)3-4-16(19)5-7-18(8-6-16)9-10-21-2;2*3-2(4,5)1(6)7/h12H,3-11H2,1-2H3;2*(H,6,7). The molecule has 3 rings (SSSR count). The fraction of sp³-hybridized carbons (Fsp3) is 0.700. The molecule has 0 unspecified atom stereocenters. The van der Waals surface area contributed by atoms with Gasteiger partial charge in [-0.15, -0.1) is 11.3 Å². The van der Waals surface area contributed by atoms with Crippen LogP contribution in [-0.2, 0) is 25.7 Å². The number of aromatic nitrogens is 1. The number of halogens is 6. The number of hydrogen-bond acceptors (Lipinski definition) is 7. The smallest absolute Gasteiger partial charge is 0.475 e. The summed E-state index contributed by atoms with van der Waals surface area (Å²) in [5.41, 5.74) is 1.11. The first-order valence-corrected chi connectivity index (χ1v) is 11.4. The van der Waals surface area contributed by atoms with E-state index in [-0.39, 0.29) is 5.54 Å². The molecule has 0 aromatic carbocycles. The third-order valence-electron chi connectivity index (χ3n) is 5.55. The summed E-state index contributed by atoms with van der Waals surface area (Å²) in [6.45, 7) is 6.59. The topological polar surface area (TPSA) is 120 Å². The number of likely N-dealkylation sites (tertiary alicyclic amines) is 2. The summed E-state index contributed by atoms with van der Waals surface area (Å²) in [6, 6.07) is 0. The summed E-state index contributed by atoms with van der Waals surface area (Å²) < 4.78 is 68.6. The van der Waals surface area contributed by atoms with E-state index in [2.05, 4.69) is 20.2 Å². The highest BCUT2D eigenvalue weighted by molar-refractivity contribution is 7.09. The molecule has 0 atom stereocenters. The van der Waals surface area contributed by atoms with E-state index in [9.17, 15) is 31.1 Å². The zero-order valence-corrected chi connectivity index (χ0v) is 20.3. The number of nitrogens with zero attached hydrogens (tertiary/aromatic N) is 3. The van der Waals surface area contributed by atoms with E-state index < -0.39 is 24.3 Å². The number of alkyl halides is 6. The molecule has 2 N–H and O–H groups in total. The lowest BCUT2D eigenvalue weighted by Crippen LogP contribution is -2.53. The number of carbonyl (C=O) groups is 3. The van der Waals surface area contributed by atoms with Crippen molar-refractivity contribution in [2.24, 2.45) is 0 Å². The zero-order valence-electron chi connectivity index (χ0n) is 19.5. The van der Waals surface area contributed by atoms with Crippen molar-refractivity contribution >= 4 is 29.2 Å². The zero-order chi connectivity index (χ0) is 27.7. The Labute approximate surface area is 206 Å². The van der Waals surface area contributed by atoms with Gasteiger partial charge in [0.05, 0.1) is 23.9 Å². The molecule has 0 bridgehead atoms. The summed E-state index contributed by atoms with van der Waals surface area (Å²) in [5, 5.41) is 17.4. The van der Waals surface area contributed by atoms with Gasteiger partial charge in [0, 0.05) is 44.1 Å². The van der Waals surface area contributed by atoms with Gasteiger partial charge in [-0.2, -0.15) is 26.3 Å². The normalized spacial score (nSPS) is 17.8. The number of aliphatic carboxylic acids is 2. The van der Waals surface area contributed by atoms with Gasteiger partial charge in [-0.05, 0) is 26.2 Å². The average Bonchev–Trinajstić information content (AvgIpc) is 3.31. The Morgan fingerprint density at radius 3 is 1.97 bits per heavy atom. The lowest BCUT2D eigenvalue weighted by Gasteiger charge is -2.44. The predicted octanol–water partition coefficient (Wildman–Crippen LogP) is 3.32. The highest BCUT2D eigenvalue weighted by Crippen LogP contribution is 2.40. The van der Waals surface area contributed by atoms with Crippen LogP contribution in [-0.4, -0.2) is 94.1 Å². The number of carboxylic acids is 2. The van der Waals surface area contributed by atoms with Crippen molar-refractivity contribution < 1.29 is 55.7 Å². The molecule has 2 saturated heterocycles. The van der Waals surface area contributed by atoms with Gasteiger partial charge in [0.25, 0.3) is 0 Å². The maximum Gasteiger partial charge on any atom is 0.490 e. The lowest BCUT2D eigenvalue weighted by atomic mass is 9.85. The summed E-state index contributed by atoms with van der Waals surface area (Å²) in [6.07, 6.45) is -6.31. The second kappa shape index (κ2) is 13.2. The first-order valence-electron chi connectivity index (χ1n) is 10.5. The van der Waals surface area contributed by atoms with Crippen molar-refractivity contribution in [3.05, 3.63) is 16.1 Å². The molecule has 9 nitrogen and oxygen atoms in total. The summed E-state index contributed by atoms with van der Waals surface area (Å²) in [7, 11) is 1.75. The van der Waals surface area contributed by atoms with Gasteiger partial charge in [0.2, 0.25) is 5.91 Å². The Hall–Kier alpha value is -2.46. The van der Waals surface area contributed by atoms with E-state index in [1.54, 1.807) is 18.4 Å². The molecule has 36 heavy (non-hydrogen) atoms. The number of thiazole rings is 1. The van der Waals surface area contributed by atoms with Crippen molar-refractivity contribution in [2.45, 2.75) is 57.0 Å².